The Morgan fingerprint density at radius 2 is 2.43 bits per heavy atom. The summed E-state index contributed by atoms with van der Waals surface area (Å²) in [6.07, 6.45) is 3.00. The third kappa shape index (κ3) is 4.36. The van der Waals surface area contributed by atoms with E-state index < -0.39 is 0 Å². The fraction of sp³-hybridized carbons (Fsp3) is 0.600. The third-order valence-corrected chi connectivity index (χ3v) is 1.77. The number of hydrogen-bond acceptors (Lipinski definition) is 0. The van der Waals surface area contributed by atoms with E-state index in [0.29, 0.717) is 0 Å². The van der Waals surface area contributed by atoms with Gasteiger partial charge in [-0.05, 0) is 6.42 Å². The molecule has 0 atom stereocenters. The molecule has 0 radical (unpaired) electrons. The number of hydrogen-bond donors (Lipinski definition) is 0. The molecule has 0 aliphatic heterocycles. The first-order chi connectivity index (χ1) is 3.31. The molecule has 0 amide bonds. The van der Waals surface area contributed by atoms with E-state index in [1.54, 1.807) is 0 Å². The van der Waals surface area contributed by atoms with Crippen LogP contribution in [-0.2, 0) is 0 Å². The Labute approximate surface area is 57.7 Å². The van der Waals surface area contributed by atoms with Crippen LogP contribution in [0.25, 0.3) is 0 Å². The maximum atomic E-state index is 5.58. The average molecular weight is 183 g/mol. The van der Waals surface area contributed by atoms with Crippen molar-refractivity contribution in [3.05, 3.63) is 11.1 Å². The van der Waals surface area contributed by atoms with Crippen molar-refractivity contribution >= 4 is 27.5 Å². The number of allylic oxidation sites excluding steroid dienone is 2. The predicted molar refractivity (Wildman–Crippen MR) is 38.0 cm³/mol. The summed E-state index contributed by atoms with van der Waals surface area (Å²) < 4.78 is 0. The van der Waals surface area contributed by atoms with Crippen LogP contribution in [0.1, 0.15) is 13.3 Å². The van der Waals surface area contributed by atoms with Crippen LogP contribution in [0.5, 0.6) is 0 Å². The molecular formula is C5H8BrCl. The lowest BCUT2D eigenvalue weighted by Gasteiger charge is -1.84. The Kier molecular flexibility index (Phi) is 5.00. The monoisotopic (exact) mass is 182 g/mol. The minimum atomic E-state index is 0.780. The summed E-state index contributed by atoms with van der Waals surface area (Å²) in [6, 6.07) is 0. The van der Waals surface area contributed by atoms with E-state index in [9.17, 15) is 0 Å². The second kappa shape index (κ2) is 4.66. The fourth-order valence-corrected chi connectivity index (χ4v) is 0.659. The van der Waals surface area contributed by atoms with Crippen LogP contribution >= 0.6 is 27.5 Å². The SMILES string of the molecule is CC/C=C(\Cl)CBr. The summed E-state index contributed by atoms with van der Waals surface area (Å²) in [5.74, 6) is 0. The van der Waals surface area contributed by atoms with Gasteiger partial charge in [0.15, 0.2) is 0 Å². The highest BCUT2D eigenvalue weighted by Crippen LogP contribution is 2.04. The molecule has 7 heavy (non-hydrogen) atoms. The molecule has 0 rings (SSSR count). The molecule has 0 aliphatic rings. The quantitative estimate of drug-likeness (QED) is 0.578. The van der Waals surface area contributed by atoms with Gasteiger partial charge in [0.05, 0.1) is 0 Å². The first-order valence-corrected chi connectivity index (χ1v) is 3.71. The van der Waals surface area contributed by atoms with Crippen LogP contribution in [0.2, 0.25) is 0 Å². The Balaban J connectivity index is 3.29. The van der Waals surface area contributed by atoms with Crippen molar-refractivity contribution in [1.82, 2.24) is 0 Å². The molecule has 0 bridgehead atoms. The van der Waals surface area contributed by atoms with Gasteiger partial charge in [-0.1, -0.05) is 40.5 Å². The summed E-state index contributed by atoms with van der Waals surface area (Å²) in [6.45, 7) is 2.06. The number of alkyl halides is 1. The number of halogens is 2. The number of rotatable bonds is 2. The van der Waals surface area contributed by atoms with Crippen molar-refractivity contribution in [2.75, 3.05) is 5.33 Å². The van der Waals surface area contributed by atoms with Gasteiger partial charge in [0.2, 0.25) is 0 Å². The minimum Gasteiger partial charge on any atom is -0.0886 e. The van der Waals surface area contributed by atoms with E-state index >= 15 is 0 Å². The van der Waals surface area contributed by atoms with Crippen molar-refractivity contribution in [2.24, 2.45) is 0 Å². The van der Waals surface area contributed by atoms with Gasteiger partial charge in [0, 0.05) is 10.4 Å². The van der Waals surface area contributed by atoms with Gasteiger partial charge in [-0.3, -0.25) is 0 Å². The zero-order chi connectivity index (χ0) is 5.70. The highest BCUT2D eigenvalue weighted by atomic mass is 79.9. The van der Waals surface area contributed by atoms with E-state index in [1.165, 1.54) is 0 Å². The van der Waals surface area contributed by atoms with Crippen LogP contribution in [0.3, 0.4) is 0 Å². The van der Waals surface area contributed by atoms with Gasteiger partial charge in [0.25, 0.3) is 0 Å². The Morgan fingerprint density at radius 3 is 2.57 bits per heavy atom. The van der Waals surface area contributed by atoms with Gasteiger partial charge in [0.1, 0.15) is 0 Å². The molecule has 2 heteroatoms. The highest BCUT2D eigenvalue weighted by molar-refractivity contribution is 9.09. The summed E-state index contributed by atoms with van der Waals surface area (Å²) in [7, 11) is 0. The minimum absolute atomic E-state index is 0.780. The molecule has 0 saturated carbocycles. The fourth-order valence-electron chi connectivity index (χ4n) is 0.276. The van der Waals surface area contributed by atoms with Crippen LogP contribution in [0, 0.1) is 0 Å². The van der Waals surface area contributed by atoms with E-state index in [1.807, 2.05) is 6.08 Å². The normalized spacial score (nSPS) is 12.1. The second-order valence-corrected chi connectivity index (χ2v) is 2.24. The molecule has 0 saturated heterocycles. The maximum Gasteiger partial charge on any atom is 0.0387 e. The van der Waals surface area contributed by atoms with Crippen molar-refractivity contribution < 1.29 is 0 Å². The Morgan fingerprint density at radius 1 is 1.86 bits per heavy atom. The first kappa shape index (κ1) is 7.51. The standard InChI is InChI=1S/C5H8BrCl/c1-2-3-5(7)4-6/h3H,2,4H2,1H3/b5-3-. The molecule has 0 N–H and O–H groups in total. The summed E-state index contributed by atoms with van der Waals surface area (Å²) in [5.41, 5.74) is 0. The van der Waals surface area contributed by atoms with Gasteiger partial charge < -0.3 is 0 Å². The molecular weight excluding hydrogens is 175 g/mol. The van der Waals surface area contributed by atoms with Gasteiger partial charge in [-0.15, -0.1) is 0 Å². The predicted octanol–water partition coefficient (Wildman–Crippen LogP) is 2.91. The summed E-state index contributed by atoms with van der Waals surface area (Å²) in [5, 5.41) is 1.67. The molecule has 0 fully saturated rings. The molecule has 0 aromatic carbocycles. The molecule has 0 spiro atoms. The molecule has 0 unspecified atom stereocenters. The van der Waals surface area contributed by atoms with Crippen molar-refractivity contribution in [2.45, 2.75) is 13.3 Å². The smallest absolute Gasteiger partial charge is 0.0387 e. The van der Waals surface area contributed by atoms with E-state index in [4.69, 9.17) is 11.6 Å². The lowest BCUT2D eigenvalue weighted by molar-refractivity contribution is 1.21. The average Bonchev–Trinajstić information content (AvgIpc) is 1.68. The topological polar surface area (TPSA) is 0 Å². The lowest BCUT2D eigenvalue weighted by atomic mass is 10.4. The van der Waals surface area contributed by atoms with Crippen LogP contribution in [0.4, 0.5) is 0 Å². The highest BCUT2D eigenvalue weighted by Gasteiger charge is 1.81. The second-order valence-electron chi connectivity index (χ2n) is 1.19. The Hall–Kier alpha value is 0.510. The van der Waals surface area contributed by atoms with Crippen molar-refractivity contribution in [3.63, 3.8) is 0 Å². The van der Waals surface area contributed by atoms with Crippen LogP contribution < -0.4 is 0 Å². The zero-order valence-electron chi connectivity index (χ0n) is 4.25. The maximum absolute atomic E-state index is 5.58. The molecule has 0 aliphatic carbocycles. The third-order valence-electron chi connectivity index (χ3n) is 0.553. The zero-order valence-corrected chi connectivity index (χ0v) is 6.59. The van der Waals surface area contributed by atoms with Crippen LogP contribution in [-0.4, -0.2) is 5.33 Å². The van der Waals surface area contributed by atoms with Crippen LogP contribution in [0.15, 0.2) is 11.1 Å². The van der Waals surface area contributed by atoms with Crippen molar-refractivity contribution in [3.8, 4) is 0 Å². The molecule has 0 nitrogen and oxygen atoms in total. The van der Waals surface area contributed by atoms with Gasteiger partial charge >= 0.3 is 0 Å². The van der Waals surface area contributed by atoms with Crippen molar-refractivity contribution in [1.29, 1.82) is 0 Å². The largest absolute Gasteiger partial charge is 0.0886 e. The lowest BCUT2D eigenvalue weighted by Crippen LogP contribution is -1.68. The van der Waals surface area contributed by atoms with Gasteiger partial charge in [-0.25, -0.2) is 0 Å². The van der Waals surface area contributed by atoms with E-state index in [2.05, 4.69) is 22.9 Å². The molecule has 0 aromatic heterocycles. The molecule has 0 heterocycles. The Bertz CT molecular complexity index is 68.5. The molecule has 0 aromatic rings. The summed E-state index contributed by atoms with van der Waals surface area (Å²) >= 11 is 8.80. The van der Waals surface area contributed by atoms with E-state index in [-0.39, 0.29) is 0 Å². The molecule has 42 valence electrons. The van der Waals surface area contributed by atoms with Gasteiger partial charge in [-0.2, -0.15) is 0 Å². The van der Waals surface area contributed by atoms with E-state index in [0.717, 1.165) is 16.8 Å². The first-order valence-electron chi connectivity index (χ1n) is 2.21. The summed E-state index contributed by atoms with van der Waals surface area (Å²) in [4.78, 5) is 0.